The minimum Gasteiger partial charge on any atom is -0.425 e. The van der Waals surface area contributed by atoms with E-state index in [1.807, 2.05) is 0 Å². The Morgan fingerprint density at radius 2 is 2.60 bits per heavy atom. The smallest absolute Gasteiger partial charge is 0.106 e. The van der Waals surface area contributed by atoms with Crippen molar-refractivity contribution >= 4 is 0 Å². The number of ether oxygens (including phenoxy) is 1. The summed E-state index contributed by atoms with van der Waals surface area (Å²) in [6.45, 7) is 1.28. The van der Waals surface area contributed by atoms with E-state index in [1.165, 1.54) is 0 Å². The molecule has 1 heterocycles. The Balaban J connectivity index is 1.83. The van der Waals surface area contributed by atoms with E-state index < -0.39 is 0 Å². The first kappa shape index (κ1) is 7.86. The van der Waals surface area contributed by atoms with Gasteiger partial charge in [0, 0.05) is 7.05 Å². The fraction of sp³-hybridized carbons (Fsp3) is 1.00. The van der Waals surface area contributed by atoms with Gasteiger partial charge in [0.1, 0.15) is 12.7 Å². The van der Waals surface area contributed by atoms with Gasteiger partial charge in [-0.05, 0) is 5.59 Å². The van der Waals surface area contributed by atoms with Crippen molar-refractivity contribution in [1.29, 1.82) is 0 Å². The molecule has 0 radical (unpaired) electrons. The molecular formula is C4H12N4O2. The molecule has 6 nitrogen and oxygen atoms in total. The maximum Gasteiger partial charge on any atom is 0.106 e. The standard InChI is InChI=1S/C4H12N4O2/c1-6-8(5)7-10-3-4-2-9-4/h4-8H,2-3H2,1H3. The summed E-state index contributed by atoms with van der Waals surface area (Å²) in [5.74, 6) is 7.01. The zero-order valence-electron chi connectivity index (χ0n) is 5.81. The fourth-order valence-corrected chi connectivity index (χ4v) is 0.422. The summed E-state index contributed by atoms with van der Waals surface area (Å²) in [7, 11) is 1.65. The molecule has 6 heteroatoms. The molecule has 1 aliphatic rings. The van der Waals surface area contributed by atoms with Crippen molar-refractivity contribution in [3.63, 3.8) is 0 Å². The SMILES string of the molecule is CN[NH+]([NH-])NOCC1CO1. The number of nitrogens with one attached hydrogen (secondary N) is 4. The van der Waals surface area contributed by atoms with Crippen LogP contribution in [0.15, 0.2) is 0 Å². The van der Waals surface area contributed by atoms with Gasteiger partial charge in [0.05, 0.1) is 6.61 Å². The van der Waals surface area contributed by atoms with Gasteiger partial charge in [-0.2, -0.15) is 5.43 Å². The molecule has 0 aliphatic carbocycles. The highest BCUT2D eigenvalue weighted by Gasteiger charge is 2.22. The zero-order chi connectivity index (χ0) is 7.40. The van der Waals surface area contributed by atoms with Crippen LogP contribution in [0.2, 0.25) is 0 Å². The molecule has 0 aromatic carbocycles. The second kappa shape index (κ2) is 3.81. The minimum absolute atomic E-state index is 0.153. The highest BCUT2D eigenvalue weighted by Crippen LogP contribution is 2.06. The lowest BCUT2D eigenvalue weighted by atomic mass is 10.5. The first-order chi connectivity index (χ1) is 4.83. The van der Waals surface area contributed by atoms with Gasteiger partial charge in [-0.15, -0.1) is 0 Å². The van der Waals surface area contributed by atoms with Gasteiger partial charge in [0.2, 0.25) is 0 Å². The lowest BCUT2D eigenvalue weighted by Crippen LogP contribution is -3.18. The zero-order valence-corrected chi connectivity index (χ0v) is 5.81. The Kier molecular flexibility index (Phi) is 3.00. The Hall–Kier alpha value is -0.240. The molecule has 1 fully saturated rings. The number of rotatable bonds is 5. The normalized spacial score (nSPS) is 26.4. The molecule has 10 heavy (non-hydrogen) atoms. The van der Waals surface area contributed by atoms with Crippen molar-refractivity contribution in [3.05, 3.63) is 5.84 Å². The maximum atomic E-state index is 7.01. The van der Waals surface area contributed by atoms with Crippen LogP contribution in [-0.4, -0.2) is 26.4 Å². The van der Waals surface area contributed by atoms with Crippen LogP contribution in [0.4, 0.5) is 0 Å². The monoisotopic (exact) mass is 148 g/mol. The van der Waals surface area contributed by atoms with E-state index in [9.17, 15) is 0 Å². The number of hydrogen-bond donors (Lipinski definition) is 3. The van der Waals surface area contributed by atoms with Crippen molar-refractivity contribution < 1.29 is 14.8 Å². The van der Waals surface area contributed by atoms with Crippen molar-refractivity contribution in [2.45, 2.75) is 6.10 Å². The third-order valence-corrected chi connectivity index (χ3v) is 1.10. The highest BCUT2D eigenvalue weighted by molar-refractivity contribution is 4.66. The molecule has 1 rings (SSSR count). The van der Waals surface area contributed by atoms with Crippen molar-refractivity contribution in [2.24, 2.45) is 0 Å². The fourth-order valence-electron chi connectivity index (χ4n) is 0.422. The van der Waals surface area contributed by atoms with Gasteiger partial charge in [0.15, 0.2) is 0 Å². The topological polar surface area (TPSA) is 74.1 Å². The number of epoxide rings is 1. The van der Waals surface area contributed by atoms with Crippen molar-refractivity contribution in [2.75, 3.05) is 20.3 Å². The van der Waals surface area contributed by atoms with Crippen molar-refractivity contribution in [3.8, 4) is 0 Å². The average molecular weight is 148 g/mol. The van der Waals surface area contributed by atoms with E-state index in [4.69, 9.17) is 15.4 Å². The van der Waals surface area contributed by atoms with Crippen LogP contribution >= 0.6 is 0 Å². The molecule has 2 unspecified atom stereocenters. The Morgan fingerprint density at radius 3 is 3.10 bits per heavy atom. The van der Waals surface area contributed by atoms with Gasteiger partial charge >= 0.3 is 0 Å². The first-order valence-electron chi connectivity index (χ1n) is 3.08. The summed E-state index contributed by atoms with van der Waals surface area (Å²) in [5.41, 5.74) is 4.96. The molecule has 4 N–H and O–H groups in total. The van der Waals surface area contributed by atoms with E-state index in [-0.39, 0.29) is 11.3 Å². The van der Waals surface area contributed by atoms with E-state index >= 15 is 0 Å². The second-order valence-corrected chi connectivity index (χ2v) is 1.99. The van der Waals surface area contributed by atoms with E-state index in [0.717, 1.165) is 6.61 Å². The van der Waals surface area contributed by atoms with Crippen LogP contribution in [0, 0.1) is 0 Å². The summed E-state index contributed by atoms with van der Waals surface area (Å²) < 4.78 is 4.87. The molecule has 0 spiro atoms. The largest absolute Gasteiger partial charge is 0.425 e. The number of quaternary nitrogens is 1. The molecule has 1 saturated heterocycles. The summed E-state index contributed by atoms with van der Waals surface area (Å²) in [6.07, 6.45) is 0.233. The predicted octanol–water partition coefficient (Wildman–Crippen LogP) is -2.19. The Morgan fingerprint density at radius 1 is 1.90 bits per heavy atom. The van der Waals surface area contributed by atoms with Crippen LogP contribution in [0.1, 0.15) is 0 Å². The minimum atomic E-state index is 0.153. The Labute approximate surface area is 59.1 Å². The quantitative estimate of drug-likeness (QED) is 0.306. The third-order valence-electron chi connectivity index (χ3n) is 1.10. The van der Waals surface area contributed by atoms with Crippen LogP contribution < -0.4 is 16.2 Å². The van der Waals surface area contributed by atoms with Crippen LogP contribution in [0.5, 0.6) is 0 Å². The summed E-state index contributed by atoms with van der Waals surface area (Å²) >= 11 is 0. The van der Waals surface area contributed by atoms with Gasteiger partial charge in [-0.1, -0.05) is 0 Å². The number of hydrogen-bond acceptors (Lipinski definition) is 4. The maximum absolute atomic E-state index is 7.01. The highest BCUT2D eigenvalue weighted by atomic mass is 16.7. The van der Waals surface area contributed by atoms with Gasteiger partial charge in [0.25, 0.3) is 0 Å². The lowest BCUT2D eigenvalue weighted by molar-refractivity contribution is -0.967. The van der Waals surface area contributed by atoms with Crippen LogP contribution in [-0.2, 0) is 9.57 Å². The first-order valence-corrected chi connectivity index (χ1v) is 3.08. The average Bonchev–Trinajstić information content (AvgIpc) is 2.71. The lowest BCUT2D eigenvalue weighted by Gasteiger charge is -2.17. The van der Waals surface area contributed by atoms with E-state index in [1.54, 1.807) is 7.05 Å². The molecule has 1 aliphatic heterocycles. The van der Waals surface area contributed by atoms with Gasteiger partial charge in [-0.3, -0.25) is 4.84 Å². The third kappa shape index (κ3) is 3.06. The van der Waals surface area contributed by atoms with Crippen molar-refractivity contribution in [1.82, 2.24) is 11.0 Å². The predicted molar refractivity (Wildman–Crippen MR) is 33.2 cm³/mol. The summed E-state index contributed by atoms with van der Waals surface area (Å²) in [4.78, 5) is 4.85. The Bertz CT molecular complexity index is 97.3. The molecule has 0 bridgehead atoms. The van der Waals surface area contributed by atoms with E-state index in [0.29, 0.717) is 6.61 Å². The summed E-state index contributed by atoms with van der Waals surface area (Å²) in [6, 6.07) is 0. The molecule has 0 amide bonds. The van der Waals surface area contributed by atoms with Gasteiger partial charge in [-0.25, -0.2) is 5.23 Å². The molecule has 0 aromatic heterocycles. The molecular weight excluding hydrogens is 136 g/mol. The molecule has 2 atom stereocenters. The van der Waals surface area contributed by atoms with Crippen LogP contribution in [0.3, 0.4) is 0 Å². The van der Waals surface area contributed by atoms with Crippen LogP contribution in [0.25, 0.3) is 5.84 Å². The summed E-state index contributed by atoms with van der Waals surface area (Å²) in [5, 5.41) is 0.153. The second-order valence-electron chi connectivity index (χ2n) is 1.99. The molecule has 0 saturated carbocycles. The van der Waals surface area contributed by atoms with E-state index in [2.05, 4.69) is 11.0 Å². The van der Waals surface area contributed by atoms with Gasteiger partial charge < -0.3 is 10.6 Å². The molecule has 0 aromatic rings. The molecule has 60 valence electrons.